The summed E-state index contributed by atoms with van der Waals surface area (Å²) in [7, 11) is 0. The highest BCUT2D eigenvalue weighted by Gasteiger charge is 2.24. The average molecular weight is 456 g/mol. The number of imidazole rings is 1. The fraction of sp³-hybridized carbons (Fsp3) is 0.261. The molecule has 1 fully saturated rings. The number of nitrogens with zero attached hydrogens (tertiary/aromatic N) is 4. The molecule has 7 nitrogen and oxygen atoms in total. The van der Waals surface area contributed by atoms with Crippen LogP contribution >= 0.6 is 0 Å². The van der Waals surface area contributed by atoms with E-state index in [2.05, 4.69) is 4.98 Å². The van der Waals surface area contributed by atoms with Crippen molar-refractivity contribution in [3.63, 3.8) is 0 Å². The van der Waals surface area contributed by atoms with Gasteiger partial charge in [-0.1, -0.05) is 18.2 Å². The number of halogens is 3. The van der Waals surface area contributed by atoms with Gasteiger partial charge < -0.3 is 9.30 Å². The van der Waals surface area contributed by atoms with E-state index in [9.17, 15) is 22.8 Å². The van der Waals surface area contributed by atoms with E-state index in [0.29, 0.717) is 24.7 Å². The molecule has 0 aliphatic carbocycles. The van der Waals surface area contributed by atoms with Gasteiger partial charge in [-0.2, -0.15) is 0 Å². The Balaban J connectivity index is 1.76. The van der Waals surface area contributed by atoms with Gasteiger partial charge in [-0.05, 0) is 31.0 Å². The van der Waals surface area contributed by atoms with E-state index in [1.54, 1.807) is 18.2 Å². The van der Waals surface area contributed by atoms with E-state index in [-0.39, 0.29) is 36.0 Å². The van der Waals surface area contributed by atoms with Gasteiger partial charge in [0.15, 0.2) is 11.2 Å². The van der Waals surface area contributed by atoms with Crippen molar-refractivity contribution in [1.29, 1.82) is 0 Å². The third kappa shape index (κ3) is 3.76. The van der Waals surface area contributed by atoms with Crippen LogP contribution in [-0.2, 0) is 17.8 Å². The summed E-state index contributed by atoms with van der Waals surface area (Å²) in [4.78, 5) is 30.9. The molecule has 0 N–H and O–H groups in total. The maximum atomic E-state index is 14.7. The Morgan fingerprint density at radius 2 is 1.88 bits per heavy atom. The monoisotopic (exact) mass is 456 g/mol. The number of aromatic nitrogens is 4. The molecular weight excluding hydrogens is 437 g/mol. The lowest BCUT2D eigenvalue weighted by Crippen LogP contribution is -2.42. The molecular formula is C23H19F3N4O3. The van der Waals surface area contributed by atoms with Gasteiger partial charge in [0.2, 0.25) is 0 Å². The first-order valence-electron chi connectivity index (χ1n) is 10.4. The van der Waals surface area contributed by atoms with E-state index in [0.717, 1.165) is 27.7 Å². The Hall–Kier alpha value is -3.66. The molecule has 0 saturated carbocycles. The first-order chi connectivity index (χ1) is 15.9. The number of hydrogen-bond donors (Lipinski definition) is 0. The van der Waals surface area contributed by atoms with Gasteiger partial charge in [0.1, 0.15) is 17.5 Å². The summed E-state index contributed by atoms with van der Waals surface area (Å²) in [5.41, 5.74) is -1.49. The number of ether oxygens (including phenoxy) is 1. The molecule has 33 heavy (non-hydrogen) atoms. The highest BCUT2D eigenvalue weighted by molar-refractivity contribution is 5.72. The van der Waals surface area contributed by atoms with Crippen molar-refractivity contribution in [2.75, 3.05) is 6.61 Å². The highest BCUT2D eigenvalue weighted by Crippen LogP contribution is 2.19. The van der Waals surface area contributed by atoms with Crippen molar-refractivity contribution in [2.24, 2.45) is 0 Å². The molecule has 1 saturated heterocycles. The van der Waals surface area contributed by atoms with Gasteiger partial charge in [0.05, 0.1) is 31.2 Å². The largest absolute Gasteiger partial charge is 0.376 e. The smallest absolute Gasteiger partial charge is 0.337 e. The molecule has 1 atom stereocenters. The fourth-order valence-corrected chi connectivity index (χ4v) is 4.14. The quantitative estimate of drug-likeness (QED) is 0.463. The maximum absolute atomic E-state index is 14.7. The van der Waals surface area contributed by atoms with E-state index in [4.69, 9.17) is 4.74 Å². The SMILES string of the molecule is O=c1c2c(ncn2Cc2ccccc2F)n(-c2ccc(F)cc2F)c(=O)n1CC1CCCO1. The zero-order chi connectivity index (χ0) is 23.1. The Morgan fingerprint density at radius 3 is 2.61 bits per heavy atom. The van der Waals surface area contributed by atoms with E-state index in [1.165, 1.54) is 17.0 Å². The number of rotatable bonds is 5. The van der Waals surface area contributed by atoms with Crippen LogP contribution in [0.2, 0.25) is 0 Å². The predicted molar refractivity (Wildman–Crippen MR) is 114 cm³/mol. The van der Waals surface area contributed by atoms with Crippen molar-refractivity contribution >= 4 is 11.2 Å². The lowest BCUT2D eigenvalue weighted by Gasteiger charge is -2.15. The van der Waals surface area contributed by atoms with Crippen LogP contribution in [0.5, 0.6) is 0 Å². The van der Waals surface area contributed by atoms with Crippen molar-refractivity contribution in [1.82, 2.24) is 18.7 Å². The minimum atomic E-state index is -0.982. The lowest BCUT2D eigenvalue weighted by molar-refractivity contribution is 0.0950. The molecule has 2 aromatic heterocycles. The third-order valence-electron chi connectivity index (χ3n) is 5.76. The van der Waals surface area contributed by atoms with Crippen LogP contribution in [0.4, 0.5) is 13.2 Å². The van der Waals surface area contributed by atoms with Crippen LogP contribution in [0.15, 0.2) is 58.4 Å². The molecule has 0 spiro atoms. The topological polar surface area (TPSA) is 71.0 Å². The first-order valence-corrected chi connectivity index (χ1v) is 10.4. The average Bonchev–Trinajstić information content (AvgIpc) is 3.44. The van der Waals surface area contributed by atoms with Crippen molar-refractivity contribution < 1.29 is 17.9 Å². The molecule has 3 heterocycles. The van der Waals surface area contributed by atoms with Crippen LogP contribution in [0.25, 0.3) is 16.9 Å². The number of hydrogen-bond acceptors (Lipinski definition) is 4. The van der Waals surface area contributed by atoms with Crippen LogP contribution in [-0.4, -0.2) is 31.4 Å². The molecule has 2 aromatic carbocycles. The zero-order valence-corrected chi connectivity index (χ0v) is 17.4. The zero-order valence-electron chi connectivity index (χ0n) is 17.4. The summed E-state index contributed by atoms with van der Waals surface area (Å²) in [6.07, 6.45) is 2.42. The summed E-state index contributed by atoms with van der Waals surface area (Å²) >= 11 is 0. The summed E-state index contributed by atoms with van der Waals surface area (Å²) in [6, 6.07) is 8.87. The molecule has 1 aliphatic heterocycles. The van der Waals surface area contributed by atoms with Crippen LogP contribution in [0.3, 0.4) is 0 Å². The van der Waals surface area contributed by atoms with Crippen molar-refractivity contribution in [2.45, 2.75) is 32.0 Å². The number of benzene rings is 2. The van der Waals surface area contributed by atoms with E-state index in [1.807, 2.05) is 0 Å². The number of fused-ring (bicyclic) bond motifs is 1. The Labute approximate surface area is 185 Å². The predicted octanol–water partition coefficient (Wildman–Crippen LogP) is 2.99. The normalized spacial score (nSPS) is 16.0. The van der Waals surface area contributed by atoms with Gasteiger partial charge in [-0.25, -0.2) is 27.5 Å². The van der Waals surface area contributed by atoms with Crippen LogP contribution < -0.4 is 11.2 Å². The van der Waals surface area contributed by atoms with Crippen molar-refractivity contribution in [3.8, 4) is 5.69 Å². The first kappa shape index (κ1) is 21.2. The van der Waals surface area contributed by atoms with Gasteiger partial charge in [0, 0.05) is 18.2 Å². The molecule has 4 aromatic rings. The van der Waals surface area contributed by atoms with Gasteiger partial charge in [0.25, 0.3) is 5.56 Å². The Morgan fingerprint density at radius 1 is 1.06 bits per heavy atom. The molecule has 1 unspecified atom stereocenters. The summed E-state index contributed by atoms with van der Waals surface area (Å²) in [5.74, 6) is -2.25. The molecule has 170 valence electrons. The molecule has 1 aliphatic rings. The standard InChI is InChI=1S/C23H19F3N4O3/c24-15-7-8-19(18(26)10-15)30-21-20(22(31)29(23(30)32)12-16-5-3-9-33-16)28(13-27-21)11-14-4-1-2-6-17(14)25/h1-2,4,6-8,10,13,16H,3,5,9,11-12H2. The molecule has 0 radical (unpaired) electrons. The molecule has 5 rings (SSSR count). The second kappa shape index (κ2) is 8.36. The summed E-state index contributed by atoms with van der Waals surface area (Å²) in [6.45, 7) is 0.470. The van der Waals surface area contributed by atoms with Crippen LogP contribution in [0, 0.1) is 17.5 Å². The maximum Gasteiger partial charge on any atom is 0.337 e. The molecule has 10 heteroatoms. The van der Waals surface area contributed by atoms with E-state index < -0.39 is 28.7 Å². The summed E-state index contributed by atoms with van der Waals surface area (Å²) < 4.78 is 51.4. The fourth-order valence-electron chi connectivity index (χ4n) is 4.14. The van der Waals surface area contributed by atoms with Gasteiger partial charge in [-0.3, -0.25) is 9.36 Å². The minimum absolute atomic E-state index is 0.000394. The third-order valence-corrected chi connectivity index (χ3v) is 5.76. The summed E-state index contributed by atoms with van der Waals surface area (Å²) in [5, 5.41) is 0. The second-order valence-corrected chi connectivity index (χ2v) is 7.90. The Kier molecular flexibility index (Phi) is 5.37. The van der Waals surface area contributed by atoms with E-state index >= 15 is 0 Å². The Bertz CT molecular complexity index is 1470. The molecule has 0 amide bonds. The highest BCUT2D eigenvalue weighted by atomic mass is 19.1. The van der Waals surface area contributed by atoms with Gasteiger partial charge in [-0.15, -0.1) is 0 Å². The van der Waals surface area contributed by atoms with Crippen LogP contribution in [0.1, 0.15) is 18.4 Å². The minimum Gasteiger partial charge on any atom is -0.376 e. The lowest BCUT2D eigenvalue weighted by atomic mass is 10.2. The molecule has 0 bridgehead atoms. The van der Waals surface area contributed by atoms with Crippen molar-refractivity contribution in [3.05, 3.63) is 92.6 Å². The van der Waals surface area contributed by atoms with Gasteiger partial charge >= 0.3 is 5.69 Å². The second-order valence-electron chi connectivity index (χ2n) is 7.90.